The highest BCUT2D eigenvalue weighted by Crippen LogP contribution is 2.17. The van der Waals surface area contributed by atoms with E-state index in [1.165, 1.54) is 0 Å². The first-order valence-electron chi connectivity index (χ1n) is 5.40. The number of aliphatic hydroxyl groups is 4. The third-order valence-electron chi connectivity index (χ3n) is 2.32. The summed E-state index contributed by atoms with van der Waals surface area (Å²) in [6.45, 7) is -0.470. The van der Waals surface area contributed by atoms with Gasteiger partial charge in [0.15, 0.2) is 6.29 Å². The molecular formula is C10H17NO9. The maximum atomic E-state index is 9.55. The van der Waals surface area contributed by atoms with Crippen LogP contribution >= 0.6 is 0 Å². The summed E-state index contributed by atoms with van der Waals surface area (Å²) in [5.74, 6) is -2.51. The van der Waals surface area contributed by atoms with E-state index in [1.54, 1.807) is 0 Å². The van der Waals surface area contributed by atoms with E-state index in [0.717, 1.165) is 0 Å². The summed E-state index contributed by atoms with van der Waals surface area (Å²) in [5.41, 5.74) is 5.26. The first-order valence-corrected chi connectivity index (χ1v) is 5.40. The van der Waals surface area contributed by atoms with Crippen molar-refractivity contribution < 1.29 is 45.0 Å². The highest BCUT2D eigenvalue weighted by molar-refractivity contribution is 5.89. The Balaban J connectivity index is 0.000000396. The van der Waals surface area contributed by atoms with Crippen molar-refractivity contribution in [3.8, 4) is 0 Å². The number of carboxylic acid groups (broad SMARTS) is 2. The molecule has 5 atom stereocenters. The van der Waals surface area contributed by atoms with Crippen molar-refractivity contribution in [2.75, 3.05) is 6.61 Å². The Morgan fingerprint density at radius 1 is 1.05 bits per heavy atom. The molecule has 10 nitrogen and oxygen atoms in total. The van der Waals surface area contributed by atoms with Gasteiger partial charge in [-0.1, -0.05) is 0 Å². The second-order valence-corrected chi connectivity index (χ2v) is 3.82. The van der Waals surface area contributed by atoms with E-state index in [4.69, 9.17) is 30.9 Å². The molecule has 0 spiro atoms. The molecule has 0 radical (unpaired) electrons. The molecule has 116 valence electrons. The minimum atomic E-state index is -1.35. The van der Waals surface area contributed by atoms with Crippen molar-refractivity contribution in [3.05, 3.63) is 12.2 Å². The third-order valence-corrected chi connectivity index (χ3v) is 2.32. The highest BCUT2D eigenvalue weighted by Gasteiger charge is 2.41. The molecule has 0 bridgehead atoms. The molecule has 1 fully saturated rings. The lowest BCUT2D eigenvalue weighted by atomic mass is 9.98. The number of nitrogens with two attached hydrogens (primary N) is 1. The van der Waals surface area contributed by atoms with Gasteiger partial charge in [0.1, 0.15) is 18.3 Å². The Morgan fingerprint density at radius 2 is 1.50 bits per heavy atom. The van der Waals surface area contributed by atoms with Gasteiger partial charge in [0.2, 0.25) is 0 Å². The fraction of sp³-hybridized carbons (Fsp3) is 0.600. The van der Waals surface area contributed by atoms with Gasteiger partial charge in [-0.15, -0.1) is 0 Å². The first kappa shape index (κ1) is 18.4. The topological polar surface area (TPSA) is 191 Å². The zero-order valence-corrected chi connectivity index (χ0v) is 10.2. The summed E-state index contributed by atoms with van der Waals surface area (Å²) < 4.78 is 4.70. The Morgan fingerprint density at radius 3 is 1.85 bits per heavy atom. The van der Waals surface area contributed by atoms with Crippen LogP contribution in [0.25, 0.3) is 0 Å². The van der Waals surface area contributed by atoms with Crippen molar-refractivity contribution in [2.45, 2.75) is 30.6 Å². The lowest BCUT2D eigenvalue weighted by molar-refractivity contribution is -0.248. The van der Waals surface area contributed by atoms with Crippen LogP contribution in [0.2, 0.25) is 0 Å². The van der Waals surface area contributed by atoms with Crippen LogP contribution in [-0.4, -0.2) is 79.8 Å². The first-order chi connectivity index (χ1) is 9.20. The van der Waals surface area contributed by atoms with Gasteiger partial charge < -0.3 is 41.1 Å². The maximum absolute atomic E-state index is 9.55. The largest absolute Gasteiger partial charge is 0.478 e. The Labute approximate surface area is 113 Å². The molecule has 0 aromatic heterocycles. The zero-order chi connectivity index (χ0) is 15.9. The van der Waals surface area contributed by atoms with Gasteiger partial charge in [0.25, 0.3) is 0 Å². The fourth-order valence-corrected chi connectivity index (χ4v) is 1.26. The van der Waals surface area contributed by atoms with E-state index in [-0.39, 0.29) is 0 Å². The molecule has 1 rings (SSSR count). The van der Waals surface area contributed by atoms with Crippen molar-refractivity contribution >= 4 is 11.9 Å². The predicted molar refractivity (Wildman–Crippen MR) is 62.4 cm³/mol. The SMILES string of the molecule is N[C@@H]1[C@@H](O)[C@H](O)[C@@H](CO)O[C@H]1O.O=C(O)/C=C\C(=O)O. The number of carboxylic acids is 2. The van der Waals surface area contributed by atoms with Gasteiger partial charge in [0, 0.05) is 12.2 Å². The number of hydrogen-bond donors (Lipinski definition) is 7. The molecule has 0 aromatic carbocycles. The normalized spacial score (nSPS) is 33.4. The minimum Gasteiger partial charge on any atom is -0.478 e. The smallest absolute Gasteiger partial charge is 0.328 e. The van der Waals surface area contributed by atoms with Gasteiger partial charge in [0.05, 0.1) is 12.6 Å². The summed E-state index contributed by atoms with van der Waals surface area (Å²) >= 11 is 0. The zero-order valence-electron chi connectivity index (χ0n) is 10.2. The number of aliphatic hydroxyl groups excluding tert-OH is 4. The van der Waals surface area contributed by atoms with Crippen LogP contribution in [0.4, 0.5) is 0 Å². The molecular weight excluding hydrogens is 278 g/mol. The van der Waals surface area contributed by atoms with E-state index in [2.05, 4.69) is 0 Å². The molecule has 1 saturated heterocycles. The summed E-state index contributed by atoms with van der Waals surface area (Å²) in [6.07, 6.45) is -3.74. The second kappa shape index (κ2) is 8.58. The Hall–Kier alpha value is -1.56. The van der Waals surface area contributed by atoms with E-state index in [9.17, 15) is 19.8 Å². The quantitative estimate of drug-likeness (QED) is 0.256. The predicted octanol–water partition coefficient (Wildman–Crippen LogP) is -3.54. The monoisotopic (exact) mass is 295 g/mol. The van der Waals surface area contributed by atoms with Gasteiger partial charge in [-0.05, 0) is 0 Å². The summed E-state index contributed by atoms with van der Waals surface area (Å²) in [4.78, 5) is 19.1. The van der Waals surface area contributed by atoms with Crippen LogP contribution < -0.4 is 5.73 Å². The molecule has 1 aliphatic rings. The molecule has 20 heavy (non-hydrogen) atoms. The Bertz CT molecular complexity index is 338. The van der Waals surface area contributed by atoms with Crippen molar-refractivity contribution in [1.29, 1.82) is 0 Å². The van der Waals surface area contributed by atoms with Crippen molar-refractivity contribution in [2.24, 2.45) is 5.73 Å². The number of rotatable bonds is 3. The van der Waals surface area contributed by atoms with Crippen molar-refractivity contribution in [3.63, 3.8) is 0 Å². The van der Waals surface area contributed by atoms with Gasteiger partial charge in [-0.2, -0.15) is 0 Å². The minimum absolute atomic E-state index is 0.470. The van der Waals surface area contributed by atoms with Gasteiger partial charge >= 0.3 is 11.9 Å². The van der Waals surface area contributed by atoms with E-state index in [1.807, 2.05) is 0 Å². The second-order valence-electron chi connectivity index (χ2n) is 3.82. The van der Waals surface area contributed by atoms with Crippen LogP contribution in [0.15, 0.2) is 12.2 Å². The van der Waals surface area contributed by atoms with Crippen LogP contribution in [-0.2, 0) is 14.3 Å². The molecule has 1 aliphatic heterocycles. The van der Waals surface area contributed by atoms with E-state index < -0.39 is 49.2 Å². The molecule has 0 unspecified atom stereocenters. The highest BCUT2D eigenvalue weighted by atomic mass is 16.6. The van der Waals surface area contributed by atoms with Gasteiger partial charge in [-0.3, -0.25) is 0 Å². The van der Waals surface area contributed by atoms with Crippen LogP contribution in [0.3, 0.4) is 0 Å². The average Bonchev–Trinajstić information content (AvgIpc) is 2.39. The maximum Gasteiger partial charge on any atom is 0.328 e. The van der Waals surface area contributed by atoms with Crippen LogP contribution in [0.5, 0.6) is 0 Å². The van der Waals surface area contributed by atoms with Crippen molar-refractivity contribution in [1.82, 2.24) is 0 Å². The summed E-state index contributed by atoms with van der Waals surface area (Å²) in [6, 6.07) is -1.04. The lowest BCUT2D eigenvalue weighted by Gasteiger charge is -2.38. The number of ether oxygens (including phenoxy) is 1. The van der Waals surface area contributed by atoms with Crippen LogP contribution in [0.1, 0.15) is 0 Å². The van der Waals surface area contributed by atoms with E-state index >= 15 is 0 Å². The number of aliphatic carboxylic acids is 2. The third kappa shape index (κ3) is 6.06. The van der Waals surface area contributed by atoms with Crippen LogP contribution in [0, 0.1) is 0 Å². The molecule has 0 aromatic rings. The fourth-order valence-electron chi connectivity index (χ4n) is 1.26. The van der Waals surface area contributed by atoms with E-state index in [0.29, 0.717) is 12.2 Å². The Kier molecular flexibility index (Phi) is 7.91. The summed E-state index contributed by atoms with van der Waals surface area (Å²) in [7, 11) is 0. The average molecular weight is 295 g/mol. The molecule has 8 N–H and O–H groups in total. The number of carbonyl (C=O) groups is 2. The summed E-state index contributed by atoms with van der Waals surface area (Å²) in [5, 5.41) is 51.7. The van der Waals surface area contributed by atoms with Gasteiger partial charge in [-0.25, -0.2) is 9.59 Å². The molecule has 10 heteroatoms. The molecule has 0 aliphatic carbocycles. The lowest BCUT2D eigenvalue weighted by Crippen LogP contribution is -2.61. The molecule has 0 amide bonds. The number of hydrogen-bond acceptors (Lipinski definition) is 8. The molecule has 0 saturated carbocycles. The molecule has 1 heterocycles. The standard InChI is InChI=1S/C6H13NO5.C4H4O4/c7-3-5(10)4(9)2(1-8)12-6(3)11;5-3(6)1-2-4(7)8/h2-6,8-11H,1,7H2;1-2H,(H,5,6)(H,7,8)/b;2-1-/t2-,3-,4-,5-,6-;/m1./s1.